The van der Waals surface area contributed by atoms with Gasteiger partial charge in [0.2, 0.25) is 0 Å². The van der Waals surface area contributed by atoms with Crippen LogP contribution in [0.3, 0.4) is 0 Å². The van der Waals surface area contributed by atoms with Crippen molar-refractivity contribution in [3.05, 3.63) is 23.8 Å². The molecule has 1 aromatic rings. The minimum atomic E-state index is -0.739. The summed E-state index contributed by atoms with van der Waals surface area (Å²) in [6.45, 7) is 3.20. The molecule has 0 aromatic heterocycles. The Morgan fingerprint density at radius 3 is 3.10 bits per heavy atom. The average molecular weight is 283 g/mol. The molecule has 2 aliphatic rings. The first-order chi connectivity index (χ1) is 9.63. The van der Waals surface area contributed by atoms with E-state index in [1.807, 2.05) is 0 Å². The van der Waals surface area contributed by atoms with E-state index in [4.69, 9.17) is 10.5 Å². The Bertz CT molecular complexity index is 498. The Kier molecular flexibility index (Phi) is 3.76. The van der Waals surface area contributed by atoms with E-state index in [-0.39, 0.29) is 17.5 Å². The number of nitrogens with zero attached hydrogens (tertiary/aromatic N) is 1. The molecule has 0 aliphatic carbocycles. The third-order valence-electron chi connectivity index (χ3n) is 4.08. The monoisotopic (exact) mass is 283 g/mol. The van der Waals surface area contributed by atoms with Crippen LogP contribution < -0.4 is 11.1 Å². The topological polar surface area (TPSA) is 50.5 Å². The Hall–Kier alpha value is -1.40. The summed E-state index contributed by atoms with van der Waals surface area (Å²) >= 11 is 0. The van der Waals surface area contributed by atoms with Crippen LogP contribution in [0.25, 0.3) is 0 Å². The molecule has 0 radical (unpaired) electrons. The molecule has 2 fully saturated rings. The molecule has 2 atom stereocenters. The van der Waals surface area contributed by atoms with Gasteiger partial charge in [0.1, 0.15) is 5.82 Å². The largest absolute Gasteiger partial charge is 0.395 e. The lowest BCUT2D eigenvalue weighted by Gasteiger charge is -2.35. The van der Waals surface area contributed by atoms with Crippen LogP contribution >= 0.6 is 0 Å². The van der Waals surface area contributed by atoms with Crippen LogP contribution in [-0.2, 0) is 4.74 Å². The highest BCUT2D eigenvalue weighted by atomic mass is 19.1. The van der Waals surface area contributed by atoms with E-state index in [1.165, 1.54) is 18.9 Å². The summed E-state index contributed by atoms with van der Waals surface area (Å²) < 4.78 is 32.3. The van der Waals surface area contributed by atoms with Gasteiger partial charge in [-0.15, -0.1) is 0 Å². The van der Waals surface area contributed by atoms with Gasteiger partial charge in [0, 0.05) is 25.2 Å². The van der Waals surface area contributed by atoms with Gasteiger partial charge in [-0.1, -0.05) is 0 Å². The molecule has 20 heavy (non-hydrogen) atoms. The second-order valence-electron chi connectivity index (χ2n) is 5.48. The Morgan fingerprint density at radius 1 is 1.40 bits per heavy atom. The maximum atomic E-state index is 13.3. The maximum Gasteiger partial charge on any atom is 0.151 e. The Labute approximate surface area is 116 Å². The summed E-state index contributed by atoms with van der Waals surface area (Å²) in [6.07, 6.45) is 2.44. The molecular weight excluding hydrogens is 264 g/mol. The lowest BCUT2D eigenvalue weighted by Crippen LogP contribution is -2.48. The van der Waals surface area contributed by atoms with E-state index in [1.54, 1.807) is 0 Å². The summed E-state index contributed by atoms with van der Waals surface area (Å²) in [5, 5.41) is 2.99. The van der Waals surface area contributed by atoms with Crippen LogP contribution in [0.1, 0.15) is 12.8 Å². The summed E-state index contributed by atoms with van der Waals surface area (Å²) in [4.78, 5) is 2.42. The molecule has 2 aliphatic heterocycles. The van der Waals surface area contributed by atoms with Gasteiger partial charge in [-0.3, -0.25) is 4.90 Å². The number of morpholine rings is 1. The van der Waals surface area contributed by atoms with Gasteiger partial charge >= 0.3 is 0 Å². The van der Waals surface area contributed by atoms with Crippen molar-refractivity contribution in [1.29, 1.82) is 0 Å². The van der Waals surface area contributed by atoms with Crippen molar-refractivity contribution in [2.24, 2.45) is 0 Å². The van der Waals surface area contributed by atoms with E-state index >= 15 is 0 Å². The highest BCUT2D eigenvalue weighted by molar-refractivity contribution is 5.66. The second-order valence-corrected chi connectivity index (χ2v) is 5.48. The van der Waals surface area contributed by atoms with Crippen molar-refractivity contribution in [1.82, 2.24) is 4.90 Å². The first-order valence-corrected chi connectivity index (χ1v) is 6.97. The molecule has 6 heteroatoms. The number of hydrogen-bond donors (Lipinski definition) is 2. The molecule has 2 heterocycles. The van der Waals surface area contributed by atoms with Crippen LogP contribution in [0.2, 0.25) is 0 Å². The molecule has 0 spiro atoms. The lowest BCUT2D eigenvalue weighted by atomic mass is 10.2. The molecule has 0 saturated carbocycles. The number of nitrogen functional groups attached to an aromatic ring is 1. The van der Waals surface area contributed by atoms with E-state index in [0.29, 0.717) is 12.6 Å². The van der Waals surface area contributed by atoms with Crippen molar-refractivity contribution in [2.75, 3.05) is 37.3 Å². The van der Waals surface area contributed by atoms with Gasteiger partial charge < -0.3 is 15.8 Å². The van der Waals surface area contributed by atoms with Crippen molar-refractivity contribution in [3.63, 3.8) is 0 Å². The smallest absolute Gasteiger partial charge is 0.151 e. The fourth-order valence-electron chi connectivity index (χ4n) is 2.96. The van der Waals surface area contributed by atoms with E-state index in [2.05, 4.69) is 10.2 Å². The van der Waals surface area contributed by atoms with Crippen LogP contribution in [0.15, 0.2) is 12.1 Å². The highest BCUT2D eigenvalue weighted by Gasteiger charge is 2.32. The molecular formula is C14H19F2N3O. The number of nitrogens with one attached hydrogen (secondary N) is 1. The number of hydrogen-bond acceptors (Lipinski definition) is 4. The normalized spacial score (nSPS) is 26.5. The molecule has 110 valence electrons. The fraction of sp³-hybridized carbons (Fsp3) is 0.571. The number of halogens is 2. The zero-order chi connectivity index (χ0) is 14.1. The van der Waals surface area contributed by atoms with Crippen molar-refractivity contribution in [2.45, 2.75) is 25.0 Å². The predicted molar refractivity (Wildman–Crippen MR) is 73.6 cm³/mol. The zero-order valence-electron chi connectivity index (χ0n) is 11.2. The molecule has 1 aromatic carbocycles. The van der Waals surface area contributed by atoms with Gasteiger partial charge in [0.05, 0.1) is 24.1 Å². The van der Waals surface area contributed by atoms with Crippen LogP contribution in [0.5, 0.6) is 0 Å². The van der Waals surface area contributed by atoms with Gasteiger partial charge in [0.15, 0.2) is 5.82 Å². The van der Waals surface area contributed by atoms with E-state index in [0.717, 1.165) is 25.8 Å². The van der Waals surface area contributed by atoms with E-state index in [9.17, 15) is 8.78 Å². The van der Waals surface area contributed by atoms with Crippen molar-refractivity contribution >= 4 is 11.4 Å². The molecule has 3 N–H and O–H groups in total. The third-order valence-corrected chi connectivity index (χ3v) is 4.08. The van der Waals surface area contributed by atoms with Gasteiger partial charge in [-0.2, -0.15) is 0 Å². The molecule has 0 amide bonds. The first-order valence-electron chi connectivity index (χ1n) is 6.97. The summed E-state index contributed by atoms with van der Waals surface area (Å²) in [7, 11) is 0. The number of ether oxygens (including phenoxy) is 1. The lowest BCUT2D eigenvalue weighted by molar-refractivity contribution is -0.0415. The van der Waals surface area contributed by atoms with Gasteiger partial charge in [0.25, 0.3) is 0 Å². The predicted octanol–water partition coefficient (Wildman–Crippen LogP) is 1.82. The minimum absolute atomic E-state index is 0.0232. The maximum absolute atomic E-state index is 13.3. The SMILES string of the molecule is Nc1c(F)cc(F)cc1NCC1CN2CCCC2CO1. The first kappa shape index (κ1) is 13.6. The number of anilines is 2. The van der Waals surface area contributed by atoms with Crippen LogP contribution in [0.4, 0.5) is 20.2 Å². The molecule has 3 rings (SSSR count). The highest BCUT2D eigenvalue weighted by Crippen LogP contribution is 2.25. The quantitative estimate of drug-likeness (QED) is 0.831. The molecule has 4 nitrogen and oxygen atoms in total. The average Bonchev–Trinajstić information content (AvgIpc) is 2.88. The van der Waals surface area contributed by atoms with Gasteiger partial charge in [-0.05, 0) is 25.5 Å². The van der Waals surface area contributed by atoms with Crippen molar-refractivity contribution in [3.8, 4) is 0 Å². The molecule has 0 bridgehead atoms. The number of rotatable bonds is 3. The zero-order valence-corrected chi connectivity index (χ0v) is 11.2. The summed E-state index contributed by atoms with van der Waals surface area (Å²) in [5.74, 6) is -1.37. The summed E-state index contributed by atoms with van der Waals surface area (Å²) in [5.41, 5.74) is 5.83. The minimum Gasteiger partial charge on any atom is -0.395 e. The number of fused-ring (bicyclic) bond motifs is 1. The number of benzene rings is 1. The fourth-order valence-corrected chi connectivity index (χ4v) is 2.96. The van der Waals surface area contributed by atoms with E-state index < -0.39 is 11.6 Å². The molecule has 2 saturated heterocycles. The Balaban J connectivity index is 1.60. The standard InChI is InChI=1S/C14H19F2N3O/c15-9-4-12(16)14(17)13(5-9)18-6-11-7-19-3-1-2-10(19)8-20-11/h4-5,10-11,18H,1-3,6-8,17H2. The van der Waals surface area contributed by atoms with Crippen molar-refractivity contribution < 1.29 is 13.5 Å². The van der Waals surface area contributed by atoms with Gasteiger partial charge in [-0.25, -0.2) is 8.78 Å². The molecule has 2 unspecified atom stereocenters. The third kappa shape index (κ3) is 2.71. The Morgan fingerprint density at radius 2 is 2.25 bits per heavy atom. The summed E-state index contributed by atoms with van der Waals surface area (Å²) in [6, 6.07) is 2.54. The second kappa shape index (κ2) is 5.54. The van der Waals surface area contributed by atoms with Crippen LogP contribution in [-0.4, -0.2) is 43.3 Å². The van der Waals surface area contributed by atoms with Crippen LogP contribution in [0, 0.1) is 11.6 Å². The number of nitrogens with two attached hydrogens (primary N) is 1.